The fraction of sp³-hybridized carbons (Fsp3) is 0.259. The molecule has 7 heteroatoms. The molecule has 0 saturated heterocycles. The van der Waals surface area contributed by atoms with Crippen LogP contribution in [0.4, 0.5) is 0 Å². The van der Waals surface area contributed by atoms with Gasteiger partial charge in [0.1, 0.15) is 0 Å². The highest BCUT2D eigenvalue weighted by Crippen LogP contribution is 2.28. The summed E-state index contributed by atoms with van der Waals surface area (Å²) in [6, 6.07) is 15.6. The molecule has 0 fully saturated rings. The molecule has 34 heavy (non-hydrogen) atoms. The van der Waals surface area contributed by atoms with Crippen molar-refractivity contribution in [1.29, 1.82) is 0 Å². The summed E-state index contributed by atoms with van der Waals surface area (Å²) in [6.45, 7) is 7.34. The number of carbonyl (C=O) groups excluding carboxylic acids is 2. The van der Waals surface area contributed by atoms with Crippen molar-refractivity contribution in [3.8, 4) is 0 Å². The molecule has 0 saturated carbocycles. The van der Waals surface area contributed by atoms with Crippen molar-refractivity contribution in [3.63, 3.8) is 0 Å². The second-order valence-electron chi connectivity index (χ2n) is 9.53. The highest BCUT2D eigenvalue weighted by atomic mass is 32.1. The van der Waals surface area contributed by atoms with E-state index in [9.17, 15) is 9.59 Å². The topological polar surface area (TPSA) is 74.1 Å². The Morgan fingerprint density at radius 3 is 2.59 bits per heavy atom. The van der Waals surface area contributed by atoms with Crippen LogP contribution in [0.5, 0.6) is 0 Å². The summed E-state index contributed by atoms with van der Waals surface area (Å²) in [5, 5.41) is 5.73. The van der Waals surface area contributed by atoms with Gasteiger partial charge in [0.15, 0.2) is 0 Å². The van der Waals surface area contributed by atoms with E-state index in [-0.39, 0.29) is 17.2 Å². The first-order valence-corrected chi connectivity index (χ1v) is 12.2. The highest BCUT2D eigenvalue weighted by Gasteiger charge is 2.26. The molecule has 1 aromatic heterocycles. The highest BCUT2D eigenvalue weighted by molar-refractivity contribution is 7.17. The first-order valence-electron chi connectivity index (χ1n) is 11.3. The molecule has 172 valence electrons. The summed E-state index contributed by atoms with van der Waals surface area (Å²) in [5.74, 6) is 0.0828. The molecule has 0 atom stereocenters. The predicted molar refractivity (Wildman–Crippen MR) is 138 cm³/mol. The van der Waals surface area contributed by atoms with Gasteiger partial charge >= 0.3 is 0 Å². The molecule has 2 aliphatic heterocycles. The van der Waals surface area contributed by atoms with Gasteiger partial charge in [-0.25, -0.2) is 9.98 Å². The number of fused-ring (bicyclic) bond motifs is 2. The van der Waals surface area contributed by atoms with E-state index in [1.54, 1.807) is 16.2 Å². The molecule has 2 amide bonds. The van der Waals surface area contributed by atoms with E-state index in [2.05, 4.69) is 36.1 Å². The molecule has 0 unspecified atom stereocenters. The van der Waals surface area contributed by atoms with Crippen molar-refractivity contribution >= 4 is 44.9 Å². The number of aliphatic imine (C=N–C) groups is 2. The Hall–Kier alpha value is -3.58. The largest absolute Gasteiger partial charge is 0.314 e. The fourth-order valence-electron chi connectivity index (χ4n) is 4.12. The van der Waals surface area contributed by atoms with Crippen LogP contribution in [0.15, 0.2) is 75.7 Å². The number of guanidine groups is 1. The van der Waals surface area contributed by atoms with Gasteiger partial charge in [-0.05, 0) is 29.2 Å². The number of hydrogen-bond acceptors (Lipinski definition) is 5. The quantitative estimate of drug-likeness (QED) is 0.561. The minimum absolute atomic E-state index is 0.00853. The molecular formula is C27H26N4O2S. The maximum Gasteiger partial charge on any atom is 0.259 e. The summed E-state index contributed by atoms with van der Waals surface area (Å²) in [6.07, 6.45) is 2.47. The minimum atomic E-state index is -0.229. The van der Waals surface area contributed by atoms with Crippen LogP contribution in [0.1, 0.15) is 53.5 Å². The van der Waals surface area contributed by atoms with Crippen molar-refractivity contribution in [3.05, 3.63) is 82.4 Å². The molecule has 0 bridgehead atoms. The number of thiophene rings is 1. The van der Waals surface area contributed by atoms with Crippen molar-refractivity contribution in [2.45, 2.75) is 32.6 Å². The maximum absolute atomic E-state index is 13.2. The molecule has 5 rings (SSSR count). The van der Waals surface area contributed by atoms with Gasteiger partial charge in [-0.15, -0.1) is 11.3 Å². The molecule has 1 N–H and O–H groups in total. The minimum Gasteiger partial charge on any atom is -0.314 e. The first-order chi connectivity index (χ1) is 16.3. The second kappa shape index (κ2) is 8.65. The monoisotopic (exact) mass is 470 g/mol. The zero-order chi connectivity index (χ0) is 23.9. The van der Waals surface area contributed by atoms with E-state index in [1.807, 2.05) is 60.1 Å². The smallest absolute Gasteiger partial charge is 0.259 e. The molecule has 2 aromatic carbocycles. The van der Waals surface area contributed by atoms with E-state index < -0.39 is 0 Å². The number of nitrogens with zero attached hydrogens (tertiary/aromatic N) is 3. The average Bonchev–Trinajstić information content (AvgIpc) is 3.27. The molecular weight excluding hydrogens is 444 g/mol. The van der Waals surface area contributed by atoms with E-state index >= 15 is 0 Å². The van der Waals surface area contributed by atoms with E-state index in [4.69, 9.17) is 0 Å². The fourth-order valence-corrected chi connectivity index (χ4v) is 5.05. The number of nitrogens with one attached hydrogen (secondary N) is 1. The van der Waals surface area contributed by atoms with Crippen LogP contribution in [0, 0.1) is 0 Å². The summed E-state index contributed by atoms with van der Waals surface area (Å²) < 4.78 is 1.11. The summed E-state index contributed by atoms with van der Waals surface area (Å²) in [4.78, 5) is 36.6. The summed E-state index contributed by atoms with van der Waals surface area (Å²) >= 11 is 1.58. The molecule has 0 aliphatic carbocycles. The lowest BCUT2D eigenvalue weighted by Crippen LogP contribution is -2.37. The Kier molecular flexibility index (Phi) is 5.65. The van der Waals surface area contributed by atoms with Gasteiger partial charge < -0.3 is 4.90 Å². The van der Waals surface area contributed by atoms with Gasteiger partial charge in [0.25, 0.3) is 11.8 Å². The van der Waals surface area contributed by atoms with Crippen LogP contribution in [-0.4, -0.2) is 41.5 Å². The Morgan fingerprint density at radius 1 is 1.06 bits per heavy atom. The van der Waals surface area contributed by atoms with Gasteiger partial charge in [0, 0.05) is 45.8 Å². The molecule has 3 heterocycles. The molecule has 0 spiro atoms. The van der Waals surface area contributed by atoms with Crippen molar-refractivity contribution in [2.75, 3.05) is 13.1 Å². The van der Waals surface area contributed by atoms with Crippen LogP contribution in [-0.2, 0) is 5.41 Å². The summed E-state index contributed by atoms with van der Waals surface area (Å²) in [5.41, 5.74) is 4.28. The normalized spacial score (nSPS) is 15.9. The number of amides is 2. The SMILES string of the molecule is CC(C)(C)c1ccc(C(=O)NC2=NCC3=CN(C(=O)c4csc5ccccc45)CCC3=N2)cc1. The van der Waals surface area contributed by atoms with Gasteiger partial charge in [0.2, 0.25) is 5.96 Å². The van der Waals surface area contributed by atoms with Gasteiger partial charge in [-0.3, -0.25) is 14.9 Å². The Bertz CT molecular complexity index is 1370. The van der Waals surface area contributed by atoms with Crippen molar-refractivity contribution in [2.24, 2.45) is 9.98 Å². The first kappa shape index (κ1) is 22.2. The molecule has 2 aliphatic rings. The van der Waals surface area contributed by atoms with Gasteiger partial charge in [0.05, 0.1) is 17.8 Å². The number of hydrogen-bond donors (Lipinski definition) is 1. The van der Waals surface area contributed by atoms with Gasteiger partial charge in [-0.2, -0.15) is 0 Å². The van der Waals surface area contributed by atoms with Crippen LogP contribution >= 0.6 is 11.3 Å². The molecule has 6 nitrogen and oxygen atoms in total. The Morgan fingerprint density at radius 2 is 1.82 bits per heavy atom. The van der Waals surface area contributed by atoms with E-state index in [0.717, 1.165) is 26.9 Å². The third kappa shape index (κ3) is 4.31. The molecule has 0 radical (unpaired) electrons. The lowest BCUT2D eigenvalue weighted by molar-refractivity contribution is 0.0824. The zero-order valence-corrected chi connectivity index (χ0v) is 20.3. The van der Waals surface area contributed by atoms with Crippen LogP contribution < -0.4 is 5.32 Å². The van der Waals surface area contributed by atoms with Crippen molar-refractivity contribution in [1.82, 2.24) is 10.2 Å². The van der Waals surface area contributed by atoms with E-state index in [0.29, 0.717) is 31.0 Å². The lowest BCUT2D eigenvalue weighted by atomic mass is 9.87. The second-order valence-corrected chi connectivity index (χ2v) is 10.4. The van der Waals surface area contributed by atoms with E-state index in [1.165, 1.54) is 5.56 Å². The Labute approximate surface area is 202 Å². The third-order valence-corrected chi connectivity index (χ3v) is 7.09. The predicted octanol–water partition coefficient (Wildman–Crippen LogP) is 5.17. The van der Waals surface area contributed by atoms with Gasteiger partial charge in [-0.1, -0.05) is 51.1 Å². The summed E-state index contributed by atoms with van der Waals surface area (Å²) in [7, 11) is 0. The van der Waals surface area contributed by atoms with Crippen molar-refractivity contribution < 1.29 is 9.59 Å². The third-order valence-electron chi connectivity index (χ3n) is 6.12. The Balaban J connectivity index is 1.28. The zero-order valence-electron chi connectivity index (χ0n) is 19.5. The average molecular weight is 471 g/mol. The number of carbonyl (C=O) groups is 2. The molecule has 3 aromatic rings. The van der Waals surface area contributed by atoms with Crippen LogP contribution in [0.3, 0.4) is 0 Å². The maximum atomic E-state index is 13.2. The number of benzene rings is 2. The number of rotatable bonds is 2. The lowest BCUT2D eigenvalue weighted by Gasteiger charge is -2.27. The standard InChI is InChI=1S/C27H26N4O2S/c1-27(2,3)19-10-8-17(9-11-19)24(32)30-26-28-14-18-15-31(13-12-22(18)29-26)25(33)21-16-34-23-7-5-4-6-20(21)23/h4-11,15-16H,12-14H2,1-3H3,(H,28,30,32). The van der Waals surface area contributed by atoms with Crippen LogP contribution in [0.25, 0.3) is 10.1 Å². The van der Waals surface area contributed by atoms with Crippen LogP contribution in [0.2, 0.25) is 0 Å².